The maximum Gasteiger partial charge on any atom is 0.441 e. The van der Waals surface area contributed by atoms with Crippen LogP contribution in [0.4, 0.5) is 19.0 Å². The van der Waals surface area contributed by atoms with Gasteiger partial charge in [0.2, 0.25) is 0 Å². The number of aryl methyl sites for hydroxylation is 1. The smallest absolute Gasteiger partial charge is 0.382 e. The molecule has 0 aromatic carbocycles. The number of hydrogen-bond acceptors (Lipinski definition) is 3. The largest absolute Gasteiger partial charge is 0.441 e. The second-order valence-electron chi connectivity index (χ2n) is 2.33. The van der Waals surface area contributed by atoms with Gasteiger partial charge in [-0.2, -0.15) is 13.2 Å². The molecule has 74 valence electrons. The van der Waals surface area contributed by atoms with Crippen molar-refractivity contribution < 1.29 is 13.2 Å². The van der Waals surface area contributed by atoms with Crippen LogP contribution in [-0.4, -0.2) is 20.8 Å². The average molecular weight is 211 g/mol. The third-order valence-corrected chi connectivity index (χ3v) is 1.98. The average Bonchev–Trinajstić information content (AvgIpc) is 2.33. The van der Waals surface area contributed by atoms with E-state index in [4.69, 9.17) is 5.73 Å². The van der Waals surface area contributed by atoms with Crippen LogP contribution in [0.1, 0.15) is 0 Å². The fourth-order valence-electron chi connectivity index (χ4n) is 0.766. The molecule has 1 heterocycles. The van der Waals surface area contributed by atoms with Gasteiger partial charge in [0.25, 0.3) is 0 Å². The quantitative estimate of drug-likeness (QED) is 0.827. The summed E-state index contributed by atoms with van der Waals surface area (Å²) in [4.78, 5) is 3.68. The van der Waals surface area contributed by atoms with Gasteiger partial charge in [-0.1, -0.05) is 0 Å². The van der Waals surface area contributed by atoms with Crippen LogP contribution in [-0.2, 0) is 6.54 Å². The molecule has 3 nitrogen and oxygen atoms in total. The van der Waals surface area contributed by atoms with Gasteiger partial charge in [0.1, 0.15) is 5.82 Å². The van der Waals surface area contributed by atoms with Crippen molar-refractivity contribution in [2.24, 2.45) is 0 Å². The summed E-state index contributed by atoms with van der Waals surface area (Å²) in [5.74, 6) is 0.288. The first kappa shape index (κ1) is 10.2. The van der Waals surface area contributed by atoms with E-state index in [0.29, 0.717) is 5.82 Å². The first-order valence-electron chi connectivity index (χ1n) is 3.45. The van der Waals surface area contributed by atoms with Crippen molar-refractivity contribution in [3.63, 3.8) is 0 Å². The van der Waals surface area contributed by atoms with E-state index in [2.05, 4.69) is 4.98 Å². The molecule has 0 radical (unpaired) electrons. The Morgan fingerprint density at radius 1 is 1.54 bits per heavy atom. The number of alkyl halides is 3. The number of imidazole rings is 1. The van der Waals surface area contributed by atoms with Gasteiger partial charge in [-0.15, -0.1) is 0 Å². The summed E-state index contributed by atoms with van der Waals surface area (Å²) in [5.41, 5.74) is 1.11. The zero-order chi connectivity index (χ0) is 9.90. The highest BCUT2D eigenvalue weighted by atomic mass is 32.2. The van der Waals surface area contributed by atoms with Gasteiger partial charge in [0.05, 0.1) is 6.33 Å². The van der Waals surface area contributed by atoms with E-state index in [1.54, 1.807) is 0 Å². The summed E-state index contributed by atoms with van der Waals surface area (Å²) in [6.45, 7) is 0.258. The SMILES string of the molecule is Nc1cn(CCSC(F)(F)F)cn1. The summed E-state index contributed by atoms with van der Waals surface area (Å²) in [6, 6.07) is 0. The highest BCUT2D eigenvalue weighted by Gasteiger charge is 2.27. The number of nitrogens with two attached hydrogens (primary N) is 1. The van der Waals surface area contributed by atoms with Crippen LogP contribution in [0.15, 0.2) is 12.5 Å². The lowest BCUT2D eigenvalue weighted by Gasteiger charge is -2.05. The first-order chi connectivity index (χ1) is 5.97. The molecule has 0 saturated heterocycles. The molecule has 0 amide bonds. The molecular weight excluding hydrogens is 203 g/mol. The van der Waals surface area contributed by atoms with Gasteiger partial charge in [-0.05, 0) is 11.8 Å². The second kappa shape index (κ2) is 3.91. The predicted octanol–water partition coefficient (Wildman–Crippen LogP) is 1.72. The summed E-state index contributed by atoms with van der Waals surface area (Å²) in [7, 11) is 0. The fraction of sp³-hybridized carbons (Fsp3) is 0.500. The minimum absolute atomic E-state index is 0.0285. The van der Waals surface area contributed by atoms with E-state index in [-0.39, 0.29) is 24.1 Å². The highest BCUT2D eigenvalue weighted by Crippen LogP contribution is 2.29. The molecule has 0 unspecified atom stereocenters. The van der Waals surface area contributed by atoms with Crippen LogP contribution in [0.25, 0.3) is 0 Å². The van der Waals surface area contributed by atoms with Crippen LogP contribution in [0.2, 0.25) is 0 Å². The van der Waals surface area contributed by atoms with Crippen molar-refractivity contribution in [1.82, 2.24) is 9.55 Å². The molecular formula is C6H8F3N3S. The van der Waals surface area contributed by atoms with Crippen molar-refractivity contribution >= 4 is 17.6 Å². The van der Waals surface area contributed by atoms with Crippen molar-refractivity contribution in [2.75, 3.05) is 11.5 Å². The molecule has 1 rings (SSSR count). The monoisotopic (exact) mass is 211 g/mol. The van der Waals surface area contributed by atoms with Crippen LogP contribution >= 0.6 is 11.8 Å². The lowest BCUT2D eigenvalue weighted by molar-refractivity contribution is -0.0328. The number of nitrogens with zero attached hydrogens (tertiary/aromatic N) is 2. The number of rotatable bonds is 3. The molecule has 0 spiro atoms. The van der Waals surface area contributed by atoms with E-state index in [1.165, 1.54) is 17.1 Å². The maximum atomic E-state index is 11.7. The molecule has 0 atom stereocenters. The van der Waals surface area contributed by atoms with Crippen LogP contribution in [0.3, 0.4) is 0 Å². The Hall–Kier alpha value is -0.850. The minimum Gasteiger partial charge on any atom is -0.382 e. The van der Waals surface area contributed by atoms with Gasteiger partial charge in [-0.25, -0.2) is 4.98 Å². The van der Waals surface area contributed by atoms with E-state index < -0.39 is 5.51 Å². The predicted molar refractivity (Wildman–Crippen MR) is 45.2 cm³/mol. The maximum absolute atomic E-state index is 11.7. The summed E-state index contributed by atoms with van der Waals surface area (Å²) >= 11 is -0.0518. The number of nitrogen functional groups attached to an aromatic ring is 1. The normalized spacial score (nSPS) is 11.9. The van der Waals surface area contributed by atoms with Gasteiger partial charge >= 0.3 is 5.51 Å². The third kappa shape index (κ3) is 4.07. The summed E-state index contributed by atoms with van der Waals surface area (Å²) in [6.07, 6.45) is 2.91. The Bertz CT molecular complexity index is 270. The van der Waals surface area contributed by atoms with E-state index in [1.807, 2.05) is 0 Å². The zero-order valence-corrected chi connectivity index (χ0v) is 7.40. The second-order valence-corrected chi connectivity index (χ2v) is 3.49. The van der Waals surface area contributed by atoms with Gasteiger partial charge < -0.3 is 10.3 Å². The molecule has 0 saturated carbocycles. The van der Waals surface area contributed by atoms with Crippen LogP contribution < -0.4 is 5.73 Å². The molecule has 1 aromatic heterocycles. The lowest BCUT2D eigenvalue weighted by atomic mass is 10.7. The van der Waals surface area contributed by atoms with Crippen molar-refractivity contribution in [2.45, 2.75) is 12.1 Å². The summed E-state index contributed by atoms with van der Waals surface area (Å²) < 4.78 is 36.6. The van der Waals surface area contributed by atoms with Crippen LogP contribution in [0.5, 0.6) is 0 Å². The molecule has 1 aromatic rings. The molecule has 0 aliphatic rings. The van der Waals surface area contributed by atoms with Crippen LogP contribution in [0, 0.1) is 0 Å². The Labute approximate surface area is 77.1 Å². The zero-order valence-electron chi connectivity index (χ0n) is 6.58. The number of aromatic nitrogens is 2. The molecule has 0 fully saturated rings. The number of thioether (sulfide) groups is 1. The molecule has 7 heteroatoms. The molecule has 0 aliphatic carbocycles. The van der Waals surface area contributed by atoms with E-state index >= 15 is 0 Å². The molecule has 0 bridgehead atoms. The van der Waals surface area contributed by atoms with E-state index in [0.717, 1.165) is 0 Å². The minimum atomic E-state index is -4.16. The standard InChI is InChI=1S/C6H8F3N3S/c7-6(8,9)13-2-1-12-3-5(10)11-4-12/h3-4H,1-2,10H2. The van der Waals surface area contributed by atoms with Gasteiger partial charge in [0.15, 0.2) is 0 Å². The molecule has 2 N–H and O–H groups in total. The van der Waals surface area contributed by atoms with Crippen molar-refractivity contribution in [3.05, 3.63) is 12.5 Å². The number of halogens is 3. The number of hydrogen-bond donors (Lipinski definition) is 1. The Balaban J connectivity index is 2.28. The third-order valence-electron chi connectivity index (χ3n) is 1.27. The van der Waals surface area contributed by atoms with Crippen molar-refractivity contribution in [3.8, 4) is 0 Å². The number of anilines is 1. The highest BCUT2D eigenvalue weighted by molar-refractivity contribution is 8.00. The Morgan fingerprint density at radius 2 is 2.23 bits per heavy atom. The lowest BCUT2D eigenvalue weighted by Crippen LogP contribution is -2.05. The molecule has 0 aliphatic heterocycles. The van der Waals surface area contributed by atoms with E-state index in [9.17, 15) is 13.2 Å². The van der Waals surface area contributed by atoms with Gasteiger partial charge in [0, 0.05) is 18.5 Å². The summed E-state index contributed by atoms with van der Waals surface area (Å²) in [5, 5.41) is 0. The first-order valence-corrected chi connectivity index (χ1v) is 4.44. The van der Waals surface area contributed by atoms with Gasteiger partial charge in [-0.3, -0.25) is 0 Å². The topological polar surface area (TPSA) is 43.8 Å². The fourth-order valence-corrected chi connectivity index (χ4v) is 1.30. The molecule has 13 heavy (non-hydrogen) atoms. The Morgan fingerprint density at radius 3 is 2.69 bits per heavy atom. The van der Waals surface area contributed by atoms with Crippen molar-refractivity contribution in [1.29, 1.82) is 0 Å². The Kier molecular flexibility index (Phi) is 3.07.